The second-order valence-electron chi connectivity index (χ2n) is 19.3. The van der Waals surface area contributed by atoms with Crippen LogP contribution in [0.2, 0.25) is 0 Å². The lowest BCUT2D eigenvalue weighted by Crippen LogP contribution is -2.98. The molecule has 4 bridgehead atoms. The van der Waals surface area contributed by atoms with Gasteiger partial charge in [-0.3, -0.25) is 19.2 Å². The molecule has 62 heavy (non-hydrogen) atoms. The molecule has 17 atom stereocenters. The SMILES string of the molecule is CCC1(OC)OC2C3(O1)C(OC(=O)C1(C)OC1C)C1(C)CC3(OC(C)=O)C(C)(C1CC(=O)OC)C13OC4(C)OC(CC(=O)OC)(C(C)(C(OC(C)=O)c5ccoc5)CC1O)C23O4. The summed E-state index contributed by atoms with van der Waals surface area (Å²) in [5.74, 6) is -9.01. The zero-order chi connectivity index (χ0) is 45.3. The third kappa shape index (κ3) is 4.47. The van der Waals surface area contributed by atoms with Crippen molar-refractivity contribution >= 4 is 29.8 Å². The van der Waals surface area contributed by atoms with Gasteiger partial charge in [0.25, 0.3) is 11.9 Å². The van der Waals surface area contributed by atoms with Gasteiger partial charge in [-0.15, -0.1) is 0 Å². The summed E-state index contributed by atoms with van der Waals surface area (Å²) in [5, 5.41) is 13.6. The number of carbonyl (C=O) groups is 5. The van der Waals surface area contributed by atoms with Gasteiger partial charge in [-0.2, -0.15) is 0 Å². The standard InChI is InChI=1S/C43H56O19/c1-13-40(52-12)58-31-41(62-40)30(55-32(49)35(7)21(2)56-35)33(5)20-39(41,57-23(4)45)36(8,25(33)16-27(47)50-10)42-26(46)17-34(6,29(54-22(3)44)24-14-15-53-19-24)38(18-28(48)51-11)43(31,42)61-37(9,59-38)60-42/h14-15,19,21,25-26,29-31,46H,13,16-18,20H2,1-12H3. The van der Waals surface area contributed by atoms with E-state index in [4.69, 9.17) is 61.3 Å². The van der Waals surface area contributed by atoms with Gasteiger partial charge in [0, 0.05) is 69.0 Å². The van der Waals surface area contributed by atoms with E-state index in [0.717, 1.165) is 0 Å². The fourth-order valence-corrected chi connectivity index (χ4v) is 14.4. The number of fused-ring (bicyclic) bond motifs is 2. The average Bonchev–Trinajstić information content (AvgIpc) is 3.81. The Kier molecular flexibility index (Phi) is 8.97. The Labute approximate surface area is 357 Å². The fourth-order valence-electron chi connectivity index (χ4n) is 14.4. The highest BCUT2D eigenvalue weighted by molar-refractivity contribution is 5.83. The minimum atomic E-state index is -2.33. The van der Waals surface area contributed by atoms with Gasteiger partial charge in [-0.05, 0) is 32.3 Å². The summed E-state index contributed by atoms with van der Waals surface area (Å²) in [4.78, 5) is 70.0. The number of aliphatic hydroxyl groups is 1. The maximum Gasteiger partial charge on any atom is 0.341 e. The normalized spacial score (nSPS) is 51.2. The van der Waals surface area contributed by atoms with Crippen molar-refractivity contribution in [3.63, 3.8) is 0 Å². The van der Waals surface area contributed by atoms with Crippen molar-refractivity contribution in [2.24, 2.45) is 22.2 Å². The second kappa shape index (κ2) is 12.8. The Morgan fingerprint density at radius 2 is 1.56 bits per heavy atom. The molecule has 19 heteroatoms. The molecule has 342 valence electrons. The van der Waals surface area contributed by atoms with Gasteiger partial charge in [-0.25, -0.2) is 4.79 Å². The van der Waals surface area contributed by atoms with Crippen molar-refractivity contribution in [2.45, 2.75) is 170 Å². The number of hydrogen-bond donors (Lipinski definition) is 1. The van der Waals surface area contributed by atoms with Crippen molar-refractivity contribution in [1.29, 1.82) is 0 Å². The van der Waals surface area contributed by atoms with Gasteiger partial charge < -0.3 is 66.4 Å². The molecule has 1 aromatic rings. The molecule has 0 radical (unpaired) electrons. The predicted octanol–water partition coefficient (Wildman–Crippen LogP) is 3.06. The molecule has 8 aliphatic rings. The summed E-state index contributed by atoms with van der Waals surface area (Å²) in [5.41, 5.74) is -16.9. The van der Waals surface area contributed by atoms with E-state index < -0.39 is 135 Å². The van der Waals surface area contributed by atoms with Gasteiger partial charge in [0.1, 0.15) is 29.5 Å². The van der Waals surface area contributed by atoms with Crippen molar-refractivity contribution in [2.75, 3.05) is 21.3 Å². The Hall–Kier alpha value is -3.69. The first-order valence-electron chi connectivity index (χ1n) is 21.0. The van der Waals surface area contributed by atoms with Gasteiger partial charge in [0.15, 0.2) is 22.4 Å². The highest BCUT2D eigenvalue weighted by Crippen LogP contribution is 2.91. The first kappa shape index (κ1) is 43.6. The van der Waals surface area contributed by atoms with E-state index >= 15 is 0 Å². The van der Waals surface area contributed by atoms with Crippen molar-refractivity contribution in [3.8, 4) is 0 Å². The number of aliphatic hydroxyl groups excluding tert-OH is 1. The number of epoxide rings is 1. The van der Waals surface area contributed by atoms with Crippen LogP contribution in [0.3, 0.4) is 0 Å². The fraction of sp³-hybridized carbons (Fsp3) is 0.791. The van der Waals surface area contributed by atoms with E-state index in [9.17, 15) is 29.1 Å². The van der Waals surface area contributed by atoms with Crippen LogP contribution in [0.25, 0.3) is 0 Å². The van der Waals surface area contributed by atoms with Gasteiger partial charge in [0.2, 0.25) is 0 Å². The maximum absolute atomic E-state index is 14.6. The first-order chi connectivity index (χ1) is 28.9. The number of rotatable bonds is 12. The molecule has 8 fully saturated rings. The summed E-state index contributed by atoms with van der Waals surface area (Å²) >= 11 is 0. The molecule has 4 aliphatic carbocycles. The van der Waals surface area contributed by atoms with Crippen molar-refractivity contribution in [1.82, 2.24) is 0 Å². The molecule has 1 aromatic heterocycles. The Morgan fingerprint density at radius 1 is 0.903 bits per heavy atom. The number of hydrogen-bond acceptors (Lipinski definition) is 19. The highest BCUT2D eigenvalue weighted by atomic mass is 17.0. The first-order valence-corrected chi connectivity index (χ1v) is 21.0. The molecule has 4 saturated heterocycles. The van der Waals surface area contributed by atoms with Crippen LogP contribution in [0, 0.1) is 22.2 Å². The summed E-state index contributed by atoms with van der Waals surface area (Å²) in [6, 6.07) is 1.58. The van der Waals surface area contributed by atoms with Crippen LogP contribution in [0.5, 0.6) is 0 Å². The molecule has 9 rings (SSSR count). The van der Waals surface area contributed by atoms with Crippen LogP contribution < -0.4 is 0 Å². The molecule has 19 nitrogen and oxygen atoms in total. The third-order valence-electron chi connectivity index (χ3n) is 16.7. The van der Waals surface area contributed by atoms with E-state index in [0.29, 0.717) is 5.56 Å². The molecule has 1 N–H and O–H groups in total. The van der Waals surface area contributed by atoms with Crippen LogP contribution in [0.15, 0.2) is 23.0 Å². The quantitative estimate of drug-likeness (QED) is 0.181. The van der Waals surface area contributed by atoms with Gasteiger partial charge >= 0.3 is 29.8 Å². The van der Waals surface area contributed by atoms with E-state index in [2.05, 4.69) is 0 Å². The number of furan rings is 1. The second-order valence-corrected chi connectivity index (χ2v) is 19.3. The van der Waals surface area contributed by atoms with Crippen molar-refractivity contribution in [3.05, 3.63) is 24.2 Å². The number of ether oxygens (including phenoxy) is 12. The highest BCUT2D eigenvalue weighted by Gasteiger charge is 3.08. The number of methoxy groups -OCH3 is 3. The molecular weight excluding hydrogens is 820 g/mol. The van der Waals surface area contributed by atoms with Gasteiger partial charge in [-0.1, -0.05) is 27.7 Å². The predicted molar refractivity (Wildman–Crippen MR) is 201 cm³/mol. The molecular formula is C43H56O19. The Morgan fingerprint density at radius 3 is 2.11 bits per heavy atom. The minimum Gasteiger partial charge on any atom is -0.472 e. The summed E-state index contributed by atoms with van der Waals surface area (Å²) < 4.78 is 84.1. The zero-order valence-electron chi connectivity index (χ0n) is 37.0. The molecule has 4 aliphatic heterocycles. The number of carbonyl (C=O) groups excluding carboxylic acids is 5. The van der Waals surface area contributed by atoms with E-state index in [1.807, 2.05) is 0 Å². The lowest BCUT2D eigenvalue weighted by molar-refractivity contribution is -0.467. The van der Waals surface area contributed by atoms with Crippen LogP contribution in [0.4, 0.5) is 0 Å². The Bertz CT molecular complexity index is 2120. The molecule has 5 heterocycles. The summed E-state index contributed by atoms with van der Waals surface area (Å²) in [6.07, 6.45) is -5.52. The topological polar surface area (TPSA) is 233 Å². The molecule has 0 aromatic carbocycles. The van der Waals surface area contributed by atoms with E-state index in [1.165, 1.54) is 54.6 Å². The smallest absolute Gasteiger partial charge is 0.341 e. The lowest BCUT2D eigenvalue weighted by atomic mass is 9.32. The monoisotopic (exact) mass is 876 g/mol. The van der Waals surface area contributed by atoms with Crippen LogP contribution in [-0.2, 0) is 80.8 Å². The van der Waals surface area contributed by atoms with E-state index in [1.54, 1.807) is 47.6 Å². The molecule has 4 saturated carbocycles. The maximum atomic E-state index is 14.6. The van der Waals surface area contributed by atoms with Crippen LogP contribution in [-0.4, -0.2) is 126 Å². The van der Waals surface area contributed by atoms with E-state index in [-0.39, 0.29) is 25.7 Å². The molecule has 2 spiro atoms. The van der Waals surface area contributed by atoms with Crippen LogP contribution in [0.1, 0.15) is 106 Å². The molecule has 17 unspecified atom stereocenters. The third-order valence-corrected chi connectivity index (χ3v) is 16.7. The van der Waals surface area contributed by atoms with Gasteiger partial charge in [0.05, 0.1) is 45.4 Å². The zero-order valence-corrected chi connectivity index (χ0v) is 37.0. The minimum absolute atomic E-state index is 0.0214. The lowest BCUT2D eigenvalue weighted by Gasteiger charge is -2.78. The average molecular weight is 877 g/mol. The van der Waals surface area contributed by atoms with Crippen molar-refractivity contribution < 1.29 is 90.3 Å². The molecule has 0 amide bonds. The summed E-state index contributed by atoms with van der Waals surface area (Å²) in [7, 11) is 3.77. The largest absolute Gasteiger partial charge is 0.472 e. The number of esters is 5. The summed E-state index contributed by atoms with van der Waals surface area (Å²) in [6.45, 7) is 14.1. The Balaban J connectivity index is 1.45. The van der Waals surface area contributed by atoms with Crippen LogP contribution >= 0.6 is 0 Å².